The minimum absolute atomic E-state index is 0.0540. The van der Waals surface area contributed by atoms with Crippen LogP contribution in [0.4, 0.5) is 5.82 Å². The number of hydrogen-bond acceptors (Lipinski definition) is 6. The highest BCUT2D eigenvalue weighted by Crippen LogP contribution is 2.26. The summed E-state index contributed by atoms with van der Waals surface area (Å²) in [5.41, 5.74) is 0.917. The number of benzene rings is 1. The van der Waals surface area contributed by atoms with E-state index >= 15 is 0 Å². The first kappa shape index (κ1) is 16.7. The molecule has 2 atom stereocenters. The van der Waals surface area contributed by atoms with Crippen LogP contribution in [0.25, 0.3) is 0 Å². The van der Waals surface area contributed by atoms with Gasteiger partial charge in [0.1, 0.15) is 12.1 Å². The Labute approximate surface area is 142 Å². The second kappa shape index (κ2) is 8.08. The summed E-state index contributed by atoms with van der Waals surface area (Å²) in [6.07, 6.45) is 1.56. The van der Waals surface area contributed by atoms with E-state index < -0.39 is 6.10 Å². The van der Waals surface area contributed by atoms with Crippen molar-refractivity contribution in [1.82, 2.24) is 9.97 Å². The van der Waals surface area contributed by atoms with Crippen molar-refractivity contribution in [2.24, 2.45) is 0 Å². The van der Waals surface area contributed by atoms with Gasteiger partial charge >= 0.3 is 0 Å². The maximum Gasteiger partial charge on any atom is 0.218 e. The standard InChI is InChI=1S/C18H23N3O3/c1-2-24-18-11-17(19-13-20-18)21-8-9-23-12-15(21)10-16(22)14-6-4-3-5-7-14/h3-7,11,13,15-16,22H,2,8-10,12H2,1H3. The maximum absolute atomic E-state index is 10.5. The summed E-state index contributed by atoms with van der Waals surface area (Å²) in [6, 6.07) is 11.6. The zero-order chi connectivity index (χ0) is 16.8. The minimum Gasteiger partial charge on any atom is -0.478 e. The van der Waals surface area contributed by atoms with E-state index in [1.54, 1.807) is 0 Å². The zero-order valence-electron chi connectivity index (χ0n) is 13.8. The van der Waals surface area contributed by atoms with Crippen molar-refractivity contribution in [3.8, 4) is 5.88 Å². The van der Waals surface area contributed by atoms with Crippen LogP contribution in [0.3, 0.4) is 0 Å². The fourth-order valence-corrected chi connectivity index (χ4v) is 2.93. The van der Waals surface area contributed by atoms with Gasteiger partial charge in [0.25, 0.3) is 0 Å². The monoisotopic (exact) mass is 329 g/mol. The normalized spacial score (nSPS) is 19.1. The largest absolute Gasteiger partial charge is 0.478 e. The van der Waals surface area contributed by atoms with E-state index in [9.17, 15) is 5.11 Å². The molecule has 1 saturated heterocycles. The van der Waals surface area contributed by atoms with Crippen LogP contribution >= 0.6 is 0 Å². The third-order valence-electron chi connectivity index (χ3n) is 4.12. The summed E-state index contributed by atoms with van der Waals surface area (Å²) >= 11 is 0. The molecule has 2 heterocycles. The maximum atomic E-state index is 10.5. The number of aliphatic hydroxyl groups excluding tert-OH is 1. The topological polar surface area (TPSA) is 67.7 Å². The van der Waals surface area contributed by atoms with Crippen molar-refractivity contribution in [1.29, 1.82) is 0 Å². The van der Waals surface area contributed by atoms with Gasteiger partial charge in [0.15, 0.2) is 0 Å². The molecule has 6 heteroatoms. The molecule has 24 heavy (non-hydrogen) atoms. The van der Waals surface area contributed by atoms with Gasteiger partial charge in [0.05, 0.1) is 32.0 Å². The Kier molecular flexibility index (Phi) is 5.61. The molecule has 1 aliphatic rings. The molecule has 0 bridgehead atoms. The van der Waals surface area contributed by atoms with Gasteiger partial charge in [-0.05, 0) is 12.5 Å². The number of hydrogen-bond donors (Lipinski definition) is 1. The summed E-state index contributed by atoms with van der Waals surface area (Å²) in [6.45, 7) is 4.43. The van der Waals surface area contributed by atoms with Gasteiger partial charge in [-0.15, -0.1) is 0 Å². The SMILES string of the molecule is CCOc1cc(N2CCOCC2CC(O)c2ccccc2)ncn1. The Balaban J connectivity index is 1.74. The molecule has 2 unspecified atom stereocenters. The minimum atomic E-state index is -0.534. The van der Waals surface area contributed by atoms with Gasteiger partial charge in [0.2, 0.25) is 5.88 Å². The molecular formula is C18H23N3O3. The van der Waals surface area contributed by atoms with E-state index in [0.29, 0.717) is 32.1 Å². The predicted molar refractivity (Wildman–Crippen MR) is 91.2 cm³/mol. The average molecular weight is 329 g/mol. The van der Waals surface area contributed by atoms with E-state index in [4.69, 9.17) is 9.47 Å². The van der Waals surface area contributed by atoms with Crippen LogP contribution < -0.4 is 9.64 Å². The number of aromatic nitrogens is 2. The Morgan fingerprint density at radius 2 is 2.17 bits per heavy atom. The number of nitrogens with zero attached hydrogens (tertiary/aromatic N) is 3. The summed E-state index contributed by atoms with van der Waals surface area (Å²) in [5, 5.41) is 10.5. The lowest BCUT2D eigenvalue weighted by atomic mass is 10.0. The molecular weight excluding hydrogens is 306 g/mol. The van der Waals surface area contributed by atoms with Gasteiger partial charge in [0, 0.05) is 19.0 Å². The molecule has 1 N–H and O–H groups in total. The third kappa shape index (κ3) is 4.01. The van der Waals surface area contributed by atoms with E-state index in [-0.39, 0.29) is 6.04 Å². The summed E-state index contributed by atoms with van der Waals surface area (Å²) < 4.78 is 11.1. The first-order valence-electron chi connectivity index (χ1n) is 8.30. The molecule has 3 rings (SSSR count). The summed E-state index contributed by atoms with van der Waals surface area (Å²) in [5.74, 6) is 1.37. The second-order valence-corrected chi connectivity index (χ2v) is 5.73. The number of ether oxygens (including phenoxy) is 2. The average Bonchev–Trinajstić information content (AvgIpc) is 2.63. The van der Waals surface area contributed by atoms with Crippen molar-refractivity contribution in [2.75, 3.05) is 31.3 Å². The van der Waals surface area contributed by atoms with Crippen molar-refractivity contribution in [2.45, 2.75) is 25.5 Å². The number of aliphatic hydroxyl groups is 1. The smallest absolute Gasteiger partial charge is 0.218 e. The highest BCUT2D eigenvalue weighted by Gasteiger charge is 2.27. The highest BCUT2D eigenvalue weighted by atomic mass is 16.5. The molecule has 1 aromatic carbocycles. The van der Waals surface area contributed by atoms with Crippen molar-refractivity contribution >= 4 is 5.82 Å². The lowest BCUT2D eigenvalue weighted by Crippen LogP contribution is -2.46. The first-order valence-corrected chi connectivity index (χ1v) is 8.30. The van der Waals surface area contributed by atoms with Crippen LogP contribution in [-0.2, 0) is 4.74 Å². The van der Waals surface area contributed by atoms with Crippen LogP contribution in [0, 0.1) is 0 Å². The van der Waals surface area contributed by atoms with Crippen molar-refractivity contribution in [3.05, 3.63) is 48.3 Å². The van der Waals surface area contributed by atoms with E-state index in [1.807, 2.05) is 43.3 Å². The van der Waals surface area contributed by atoms with E-state index in [2.05, 4.69) is 14.9 Å². The van der Waals surface area contributed by atoms with Crippen LogP contribution in [0.1, 0.15) is 25.0 Å². The Bertz CT molecular complexity index is 638. The molecule has 0 spiro atoms. The molecule has 1 aromatic heterocycles. The van der Waals surface area contributed by atoms with Crippen LogP contribution in [0.2, 0.25) is 0 Å². The molecule has 0 amide bonds. The Hall–Kier alpha value is -2.18. The van der Waals surface area contributed by atoms with Gasteiger partial charge in [-0.3, -0.25) is 0 Å². The number of rotatable bonds is 6. The Morgan fingerprint density at radius 3 is 2.96 bits per heavy atom. The number of anilines is 1. The molecule has 0 aliphatic carbocycles. The third-order valence-corrected chi connectivity index (χ3v) is 4.12. The van der Waals surface area contributed by atoms with E-state index in [0.717, 1.165) is 17.9 Å². The van der Waals surface area contributed by atoms with Gasteiger partial charge < -0.3 is 19.5 Å². The van der Waals surface area contributed by atoms with Crippen LogP contribution in [-0.4, -0.2) is 47.5 Å². The molecule has 128 valence electrons. The zero-order valence-corrected chi connectivity index (χ0v) is 13.8. The lowest BCUT2D eigenvalue weighted by Gasteiger charge is -2.37. The quantitative estimate of drug-likeness (QED) is 0.876. The van der Waals surface area contributed by atoms with Gasteiger partial charge in [-0.2, -0.15) is 0 Å². The Morgan fingerprint density at radius 1 is 1.33 bits per heavy atom. The predicted octanol–water partition coefficient (Wildman–Crippen LogP) is 2.20. The molecule has 0 saturated carbocycles. The van der Waals surface area contributed by atoms with Gasteiger partial charge in [-0.1, -0.05) is 30.3 Å². The van der Waals surface area contributed by atoms with E-state index in [1.165, 1.54) is 6.33 Å². The summed E-state index contributed by atoms with van der Waals surface area (Å²) in [7, 11) is 0. The fraction of sp³-hybridized carbons (Fsp3) is 0.444. The number of morpholine rings is 1. The fourth-order valence-electron chi connectivity index (χ4n) is 2.93. The lowest BCUT2D eigenvalue weighted by molar-refractivity contribution is 0.0676. The molecule has 0 radical (unpaired) electrons. The van der Waals surface area contributed by atoms with Crippen LogP contribution in [0.15, 0.2) is 42.7 Å². The first-order chi connectivity index (χ1) is 11.8. The molecule has 1 fully saturated rings. The molecule has 1 aliphatic heterocycles. The van der Waals surface area contributed by atoms with Crippen LogP contribution in [0.5, 0.6) is 5.88 Å². The second-order valence-electron chi connectivity index (χ2n) is 5.73. The molecule has 2 aromatic rings. The molecule has 6 nitrogen and oxygen atoms in total. The van der Waals surface area contributed by atoms with Crippen molar-refractivity contribution < 1.29 is 14.6 Å². The summed E-state index contributed by atoms with van der Waals surface area (Å²) in [4.78, 5) is 10.7. The van der Waals surface area contributed by atoms with Gasteiger partial charge in [-0.25, -0.2) is 9.97 Å². The highest BCUT2D eigenvalue weighted by molar-refractivity contribution is 5.42. The van der Waals surface area contributed by atoms with Crippen molar-refractivity contribution in [3.63, 3.8) is 0 Å².